The Hall–Kier alpha value is -11.7. The van der Waals surface area contributed by atoms with E-state index in [2.05, 4.69) is 61.5 Å². The number of H-pyrrole nitrogens is 2. The number of rotatable bonds is 46. The van der Waals surface area contributed by atoms with E-state index >= 15 is 9.59 Å². The zero-order valence-electron chi connectivity index (χ0n) is 79.4. The van der Waals surface area contributed by atoms with Crippen molar-refractivity contribution in [1.29, 1.82) is 0 Å². The number of anilines is 3. The van der Waals surface area contributed by atoms with Gasteiger partial charge in [-0.15, -0.1) is 0 Å². The third-order valence-corrected chi connectivity index (χ3v) is 30.9. The van der Waals surface area contributed by atoms with Crippen molar-refractivity contribution in [3.05, 3.63) is 123 Å². The van der Waals surface area contributed by atoms with Gasteiger partial charge in [-0.3, -0.25) is 68.2 Å². The van der Waals surface area contributed by atoms with E-state index in [1.54, 1.807) is 18.0 Å². The number of hydrazine groups is 1. The molecule has 27 N–H and O–H groups in total. The van der Waals surface area contributed by atoms with Crippen LogP contribution in [0.1, 0.15) is 123 Å². The second-order valence-electron chi connectivity index (χ2n) is 37.1. The summed E-state index contributed by atoms with van der Waals surface area (Å²) >= 11 is 0. The first-order valence-electron chi connectivity index (χ1n) is 46.5. The number of hydrogen-bond acceptors (Lipinski definition) is 42. The number of fused-ring (bicyclic) bond motifs is 7. The minimum atomic E-state index is -2.79. The van der Waals surface area contributed by atoms with Gasteiger partial charge in [0.2, 0.25) is 17.8 Å². The molecule has 12 rings (SSSR count). The van der Waals surface area contributed by atoms with Crippen LogP contribution in [-0.2, 0) is 86.0 Å². The van der Waals surface area contributed by atoms with Crippen molar-refractivity contribution in [2.45, 2.75) is 211 Å². The second kappa shape index (κ2) is 48.1. The van der Waals surface area contributed by atoms with Gasteiger partial charge in [0.05, 0.1) is 100 Å². The molecule has 5 aliphatic heterocycles. The zero-order chi connectivity index (χ0) is 106. The molecular formula is C93H123N15O34S2. The average molecular weight is 2060 g/mol. The number of carboxylic acids is 2. The van der Waals surface area contributed by atoms with Crippen LogP contribution in [0.15, 0.2) is 83.8 Å². The highest BCUT2D eigenvalue weighted by Gasteiger charge is 2.79. The van der Waals surface area contributed by atoms with Gasteiger partial charge in [-0.25, -0.2) is 25.0 Å². The molecule has 0 radical (unpaired) electrons. The maximum absolute atomic E-state index is 15.7. The molecule has 51 heteroatoms. The fourth-order valence-corrected chi connectivity index (χ4v) is 23.3. The van der Waals surface area contributed by atoms with Crippen molar-refractivity contribution in [3.8, 4) is 5.75 Å². The molecule has 1 saturated carbocycles. The van der Waals surface area contributed by atoms with Gasteiger partial charge in [0, 0.05) is 132 Å². The normalized spacial score (nSPS) is 25.1. The standard InChI is InChI=1S/C92H123N15O32S2.CO2/c1-7-88(135)33-44-34-91(85(133)138-6,73-51(20-24-106(37-44)42-88)50-12-9-10-13-56(50)98-73)55-31-54-58(32-64(55)137-5)105(4)82-90(54)22-25-107-23-11-21-89(8-2,81(90)107)83(131)92(82,136)84(132)103-104-87(134)139-26-27-140-141-41-46(79(127)128)28-60(113)65(72(122)71(121)63(116)40-110)100-77(125)53(68(118)70(120)62(115)39-109)30-59(112)43(3)96-76(124)52(67(117)69(119)61(114)38-108)29-49(111)18-19-57(80(129)130)99-75(123)45-14-16-47(17-15-45)94-35-48-36-95-74-66(97-48)78(126)102-86(93)101-74;2-1-3/h9-17,21,31-32,36,43-44,46,52-53,57,61-63,65,67-72,81-83,94,98,108-110,114-122,131,135-136H,7-8,18-20,22-30,33-35,37-42H2,1-6H3,(H,96,124)(H,99,123)(H,100,125)(H,103,132)(H,104,134)(H,127,128)(H,129,130)(H3,93,95,101,102,126);/t43-,44+,46-,52-,53-,57-,61+,62+,63+,65+,67+,68+,69+,70+,71+,72+,81-,82+,83+,88-,89+,90+,91-,92-;/m0./s1. The maximum Gasteiger partial charge on any atom is 0.426 e. The number of aromatic nitrogens is 5. The molecule has 49 nitrogen and oxygen atoms in total. The molecular weight excluding hydrogens is 1940 g/mol. The topological polar surface area (TPSA) is 789 Å². The number of carbonyl (C=O) groups is 11. The molecule has 2 saturated heterocycles. The Morgan fingerprint density at radius 1 is 0.729 bits per heavy atom. The third kappa shape index (κ3) is 23.4. The van der Waals surface area contributed by atoms with Crippen LogP contribution in [0.3, 0.4) is 0 Å². The number of aliphatic hydroxyl groups is 15. The molecule has 1 aliphatic carbocycles. The van der Waals surface area contributed by atoms with Crippen LogP contribution in [0.4, 0.5) is 22.1 Å². The van der Waals surface area contributed by atoms with Crippen molar-refractivity contribution in [2.24, 2.45) is 29.1 Å². The number of methoxy groups -OCH3 is 2. The Balaban J connectivity index is 0.00000650. The largest absolute Gasteiger partial charge is 0.496 e. The highest BCUT2D eigenvalue weighted by Crippen LogP contribution is 2.68. The molecule has 786 valence electrons. The predicted molar refractivity (Wildman–Crippen MR) is 508 cm³/mol. The number of Topliss-reactive ketones (excluding diaryl/α,β-unsaturated/α-hetero) is 3. The highest BCUT2D eigenvalue weighted by atomic mass is 33.1. The number of carboxylic acid groups (broad SMARTS) is 2. The lowest BCUT2D eigenvalue weighted by molar-refractivity contribution is -0.204. The summed E-state index contributed by atoms with van der Waals surface area (Å²) in [5.74, 6) is -20.4. The average Bonchev–Trinajstić information content (AvgIpc) is 1.47. The fourth-order valence-electron chi connectivity index (χ4n) is 21.2. The summed E-state index contributed by atoms with van der Waals surface area (Å²) < 4.78 is 17.8. The molecule has 3 aromatic heterocycles. The van der Waals surface area contributed by atoms with Crippen molar-refractivity contribution in [3.63, 3.8) is 0 Å². The number of nitrogens with one attached hydrogen (secondary N) is 8. The number of para-hydroxylation sites is 1. The summed E-state index contributed by atoms with van der Waals surface area (Å²) in [6, 6.07) is 8.81. The number of ketones is 3. The number of nitrogens with zero attached hydrogens (tertiary/aromatic N) is 6. The maximum atomic E-state index is 15.7. The molecule has 2 bridgehead atoms. The van der Waals surface area contributed by atoms with Crippen LogP contribution in [0.25, 0.3) is 22.1 Å². The monoisotopic (exact) mass is 2060 g/mol. The summed E-state index contributed by atoms with van der Waals surface area (Å²) in [4.78, 5) is 208. The Kier molecular flexibility index (Phi) is 37.6. The molecule has 3 fully saturated rings. The van der Waals surface area contributed by atoms with Gasteiger partial charge in [-0.2, -0.15) is 14.6 Å². The van der Waals surface area contributed by atoms with Crippen LogP contribution in [-0.4, -0.2) is 387 Å². The molecule has 1 spiro atoms. The molecule has 8 heterocycles. The Bertz CT molecular complexity index is 5800. The van der Waals surface area contributed by atoms with Gasteiger partial charge in [0.25, 0.3) is 17.4 Å². The van der Waals surface area contributed by atoms with Crippen LogP contribution >= 0.6 is 21.6 Å². The van der Waals surface area contributed by atoms with E-state index in [9.17, 15) is 135 Å². The number of aliphatic hydroxyl groups excluding tert-OH is 13. The van der Waals surface area contributed by atoms with Gasteiger partial charge < -0.3 is 138 Å². The Morgan fingerprint density at radius 3 is 2.00 bits per heavy atom. The van der Waals surface area contributed by atoms with Gasteiger partial charge in [-0.05, 0) is 112 Å². The number of likely N-dealkylation sites (N-methyl/N-ethyl adjacent to an activating group) is 1. The Morgan fingerprint density at radius 2 is 1.38 bits per heavy atom. The minimum absolute atomic E-state index is 0.00764. The number of aromatic amines is 2. The van der Waals surface area contributed by atoms with Crippen molar-refractivity contribution >= 4 is 132 Å². The number of esters is 1. The van der Waals surface area contributed by atoms with Crippen LogP contribution in [0.5, 0.6) is 5.75 Å². The number of nitrogen functional groups attached to an aromatic ring is 1. The molecule has 6 aliphatic rings. The molecule has 144 heavy (non-hydrogen) atoms. The van der Waals surface area contributed by atoms with E-state index in [4.69, 9.17) is 29.5 Å². The van der Waals surface area contributed by atoms with E-state index in [0.717, 1.165) is 45.0 Å². The summed E-state index contributed by atoms with van der Waals surface area (Å²) in [5, 5.41) is 197. The number of ether oxygens (including phenoxy) is 3. The van der Waals surface area contributed by atoms with Crippen molar-refractivity contribution in [1.82, 2.24) is 61.5 Å². The van der Waals surface area contributed by atoms with Gasteiger partial charge in [-0.1, -0.05) is 65.8 Å². The number of hydrogen-bond donors (Lipinski definition) is 26. The summed E-state index contributed by atoms with van der Waals surface area (Å²) in [5.41, 5.74) is 5.79. The number of amides is 5. The third-order valence-electron chi connectivity index (χ3n) is 28.4. The van der Waals surface area contributed by atoms with E-state index < -0.39 is 271 Å². The summed E-state index contributed by atoms with van der Waals surface area (Å²) in [7, 11) is 6.16. The van der Waals surface area contributed by atoms with Gasteiger partial charge in [0.1, 0.15) is 84.5 Å². The zero-order valence-corrected chi connectivity index (χ0v) is 81.0. The first-order chi connectivity index (χ1) is 68.3. The first-order valence-corrected chi connectivity index (χ1v) is 48.9. The predicted octanol–water partition coefficient (Wildman–Crippen LogP) is -5.29. The molecule has 3 aromatic carbocycles. The van der Waals surface area contributed by atoms with Crippen molar-refractivity contribution < 1.29 is 163 Å². The van der Waals surface area contributed by atoms with Crippen LogP contribution in [0, 0.1) is 29.1 Å². The quantitative estimate of drug-likeness (QED) is 0.00558. The second-order valence-corrected chi connectivity index (χ2v) is 39.7. The van der Waals surface area contributed by atoms with E-state index in [-0.39, 0.29) is 65.6 Å². The first kappa shape index (κ1) is 113. The smallest absolute Gasteiger partial charge is 0.426 e. The number of nitrogens with two attached hydrogens (primary N) is 1. The fraction of sp³-hybridized carbons (Fsp3) is 0.570. The molecule has 25 atom stereocenters. The number of aliphatic carboxylic acids is 2. The lowest BCUT2D eigenvalue weighted by atomic mass is 9.47. The van der Waals surface area contributed by atoms with E-state index in [0.29, 0.717) is 92.3 Å². The van der Waals surface area contributed by atoms with Gasteiger partial charge in [0.15, 0.2) is 28.3 Å². The van der Waals surface area contributed by atoms with Crippen LogP contribution < -0.4 is 53.0 Å². The minimum Gasteiger partial charge on any atom is -0.496 e. The van der Waals surface area contributed by atoms with E-state index in [1.165, 1.54) is 44.7 Å². The highest BCUT2D eigenvalue weighted by molar-refractivity contribution is 8.76. The van der Waals surface area contributed by atoms with Crippen molar-refractivity contribution in [2.75, 3.05) is 108 Å². The van der Waals surface area contributed by atoms with Crippen LogP contribution in [0.2, 0.25) is 0 Å². The number of carbonyl (C=O) groups excluding carboxylic acids is 11. The summed E-state index contributed by atoms with van der Waals surface area (Å²) in [6.07, 6.45) is -23.2. The lowest BCUT2D eigenvalue weighted by Crippen LogP contribution is -2.82. The lowest BCUT2D eigenvalue weighted by Gasteiger charge is -2.63. The number of benzene rings is 3. The summed E-state index contributed by atoms with van der Waals surface area (Å²) in [6.45, 7) is 2.86. The van der Waals surface area contributed by atoms with Gasteiger partial charge >= 0.3 is 30.2 Å². The SMILES string of the molecule is CC[C@]1(O)C[C@H]2CN(CCc3c([nH]c4ccccc34)[C@@](C(=O)OC)(c3cc4c(cc3OC)N(C)[C@H]3[C@@](O)(C(=O)NNC(=O)OCCSSC[C@H](CC(=O)[C@@H](NC(=O)[C@@H](CC(=O)[C@H](C)NC(=O)[C@@H](CC(=O)CC[C@H](NC(=O)c5ccc(NCc6cnc7nc(N)[nH]c(=O)c7n6)cc5)C(=O)O)[C@@H](O)[C@H](O)[C@H](O)CO)[C@@H](O)[C@H](O)[C@H](O)CO)[C@@H](O)[C@H](O)[C@H](O)CO)C(=O)O)[C@H](O)[C@]5(CC)C=CCN6CC[C@]43[C@@H]65)C2)C1.O=C=O. The van der Waals surface area contributed by atoms with E-state index in [1.807, 2.05) is 61.6 Å². The molecule has 5 amide bonds. The Labute approximate surface area is 829 Å². The number of piperidine rings is 1. The molecule has 6 aromatic rings. The molecule has 1 unspecified atom stereocenters.